The Labute approximate surface area is 97.3 Å². The number of nitrogens with zero attached hydrogens (tertiary/aromatic N) is 3. The third-order valence-electron chi connectivity index (χ3n) is 2.61. The quantitative estimate of drug-likeness (QED) is 0.879. The second-order valence-electron chi connectivity index (χ2n) is 3.67. The van der Waals surface area contributed by atoms with Gasteiger partial charge in [-0.1, -0.05) is 11.3 Å². The summed E-state index contributed by atoms with van der Waals surface area (Å²) in [4.78, 5) is 0. The van der Waals surface area contributed by atoms with Crippen molar-refractivity contribution >= 4 is 0 Å². The molecule has 6 heteroatoms. The third kappa shape index (κ3) is 2.16. The Balaban J connectivity index is 2.46. The molecule has 0 aliphatic heterocycles. The van der Waals surface area contributed by atoms with Crippen molar-refractivity contribution < 1.29 is 8.78 Å². The van der Waals surface area contributed by atoms with Gasteiger partial charge < -0.3 is 5.32 Å². The molecule has 0 saturated carbocycles. The molecule has 17 heavy (non-hydrogen) atoms. The zero-order chi connectivity index (χ0) is 12.4. The van der Waals surface area contributed by atoms with E-state index in [0.29, 0.717) is 11.3 Å². The Morgan fingerprint density at radius 3 is 2.65 bits per heavy atom. The Morgan fingerprint density at radius 2 is 2.12 bits per heavy atom. The molecule has 1 heterocycles. The van der Waals surface area contributed by atoms with E-state index in [1.807, 2.05) is 0 Å². The summed E-state index contributed by atoms with van der Waals surface area (Å²) in [6.45, 7) is 0. The van der Waals surface area contributed by atoms with Gasteiger partial charge in [-0.05, 0) is 13.1 Å². The standard InChI is InChI=1S/C11H12F2N4/c1-14-11(10-6-15-16-17(10)2)8-4-3-7(12)5-9(8)13/h3-6,11,14H,1-2H3. The lowest BCUT2D eigenvalue weighted by molar-refractivity contribution is 0.535. The molecule has 0 bridgehead atoms. The highest BCUT2D eigenvalue weighted by Crippen LogP contribution is 2.23. The van der Waals surface area contributed by atoms with E-state index in [2.05, 4.69) is 15.6 Å². The van der Waals surface area contributed by atoms with Gasteiger partial charge in [0.1, 0.15) is 11.6 Å². The summed E-state index contributed by atoms with van der Waals surface area (Å²) in [5.74, 6) is -1.19. The Bertz CT molecular complexity index is 524. The van der Waals surface area contributed by atoms with Crippen LogP contribution in [0.5, 0.6) is 0 Å². The first kappa shape index (κ1) is 11.7. The highest BCUT2D eigenvalue weighted by molar-refractivity contribution is 5.28. The molecular formula is C11H12F2N4. The van der Waals surface area contributed by atoms with Crippen molar-refractivity contribution in [3.8, 4) is 0 Å². The predicted octanol–water partition coefficient (Wildman–Crippen LogP) is 1.40. The molecule has 0 saturated heterocycles. The van der Waals surface area contributed by atoms with Crippen LogP contribution in [0.2, 0.25) is 0 Å². The monoisotopic (exact) mass is 238 g/mol. The van der Waals surface area contributed by atoms with Crippen LogP contribution in [0.1, 0.15) is 17.3 Å². The maximum absolute atomic E-state index is 13.7. The van der Waals surface area contributed by atoms with Crippen molar-refractivity contribution in [1.29, 1.82) is 0 Å². The Morgan fingerprint density at radius 1 is 1.35 bits per heavy atom. The van der Waals surface area contributed by atoms with E-state index in [9.17, 15) is 8.78 Å². The molecule has 4 nitrogen and oxygen atoms in total. The Kier molecular flexibility index (Phi) is 3.14. The summed E-state index contributed by atoms with van der Waals surface area (Å²) in [6, 6.07) is 3.10. The summed E-state index contributed by atoms with van der Waals surface area (Å²) in [6.07, 6.45) is 1.55. The average molecular weight is 238 g/mol. The van der Waals surface area contributed by atoms with E-state index in [1.165, 1.54) is 12.1 Å². The minimum Gasteiger partial charge on any atom is -0.308 e. The van der Waals surface area contributed by atoms with Crippen molar-refractivity contribution in [2.75, 3.05) is 7.05 Å². The summed E-state index contributed by atoms with van der Waals surface area (Å²) < 4.78 is 28.1. The highest BCUT2D eigenvalue weighted by atomic mass is 19.1. The van der Waals surface area contributed by atoms with Crippen molar-refractivity contribution in [2.24, 2.45) is 7.05 Å². The highest BCUT2D eigenvalue weighted by Gasteiger charge is 2.19. The largest absolute Gasteiger partial charge is 0.308 e. The fourth-order valence-corrected chi connectivity index (χ4v) is 1.76. The number of rotatable bonds is 3. The molecule has 0 radical (unpaired) electrons. The van der Waals surface area contributed by atoms with E-state index < -0.39 is 17.7 Å². The smallest absolute Gasteiger partial charge is 0.131 e. The molecule has 1 atom stereocenters. The van der Waals surface area contributed by atoms with Crippen molar-refractivity contribution in [1.82, 2.24) is 20.3 Å². The molecule has 0 spiro atoms. The van der Waals surface area contributed by atoms with E-state index in [4.69, 9.17) is 0 Å². The van der Waals surface area contributed by atoms with E-state index in [-0.39, 0.29) is 0 Å². The van der Waals surface area contributed by atoms with Gasteiger partial charge in [0.2, 0.25) is 0 Å². The van der Waals surface area contributed by atoms with Crippen LogP contribution in [0.15, 0.2) is 24.4 Å². The summed E-state index contributed by atoms with van der Waals surface area (Å²) in [7, 11) is 3.41. The number of aryl methyl sites for hydroxylation is 1. The van der Waals surface area contributed by atoms with E-state index >= 15 is 0 Å². The van der Waals surface area contributed by atoms with Crippen LogP contribution < -0.4 is 5.32 Å². The molecule has 90 valence electrons. The lowest BCUT2D eigenvalue weighted by Gasteiger charge is -2.16. The van der Waals surface area contributed by atoms with Crippen LogP contribution in [0, 0.1) is 11.6 Å². The van der Waals surface area contributed by atoms with Gasteiger partial charge in [-0.3, -0.25) is 4.68 Å². The molecule has 1 unspecified atom stereocenters. The number of benzene rings is 1. The van der Waals surface area contributed by atoms with E-state index in [1.54, 1.807) is 25.0 Å². The number of hydrogen-bond donors (Lipinski definition) is 1. The zero-order valence-corrected chi connectivity index (χ0v) is 9.48. The lowest BCUT2D eigenvalue weighted by Crippen LogP contribution is -2.21. The predicted molar refractivity (Wildman–Crippen MR) is 58.3 cm³/mol. The van der Waals surface area contributed by atoms with Gasteiger partial charge in [0, 0.05) is 18.7 Å². The fourth-order valence-electron chi connectivity index (χ4n) is 1.76. The second kappa shape index (κ2) is 4.58. The van der Waals surface area contributed by atoms with E-state index in [0.717, 1.165) is 6.07 Å². The number of hydrogen-bond acceptors (Lipinski definition) is 3. The van der Waals surface area contributed by atoms with Crippen LogP contribution >= 0.6 is 0 Å². The van der Waals surface area contributed by atoms with Crippen molar-refractivity contribution in [3.05, 3.63) is 47.3 Å². The SMILES string of the molecule is CNC(c1ccc(F)cc1F)c1cnnn1C. The summed E-state index contributed by atoms with van der Waals surface area (Å²) >= 11 is 0. The zero-order valence-electron chi connectivity index (χ0n) is 9.48. The van der Waals surface area contributed by atoms with Crippen molar-refractivity contribution in [2.45, 2.75) is 6.04 Å². The van der Waals surface area contributed by atoms with Gasteiger partial charge in [-0.15, -0.1) is 5.10 Å². The molecule has 1 N–H and O–H groups in total. The first-order chi connectivity index (χ1) is 8.13. The molecule has 1 aromatic heterocycles. The van der Waals surface area contributed by atoms with Gasteiger partial charge >= 0.3 is 0 Å². The molecule has 0 fully saturated rings. The molecule has 0 amide bonds. The van der Waals surface area contributed by atoms with Crippen LogP contribution in [0.4, 0.5) is 8.78 Å². The van der Waals surface area contributed by atoms with Crippen LogP contribution in [0.3, 0.4) is 0 Å². The number of nitrogens with one attached hydrogen (secondary N) is 1. The molecule has 2 rings (SSSR count). The molecule has 0 aliphatic carbocycles. The molecule has 0 aliphatic rings. The van der Waals surface area contributed by atoms with Crippen LogP contribution in [-0.2, 0) is 7.05 Å². The van der Waals surface area contributed by atoms with Gasteiger partial charge in [-0.2, -0.15) is 0 Å². The number of aromatic nitrogens is 3. The average Bonchev–Trinajstić information content (AvgIpc) is 2.69. The second-order valence-corrected chi connectivity index (χ2v) is 3.67. The molecule has 1 aromatic carbocycles. The topological polar surface area (TPSA) is 42.7 Å². The van der Waals surface area contributed by atoms with Gasteiger partial charge in [-0.25, -0.2) is 8.78 Å². The maximum Gasteiger partial charge on any atom is 0.131 e. The fraction of sp³-hybridized carbons (Fsp3) is 0.273. The first-order valence-electron chi connectivity index (χ1n) is 5.10. The first-order valence-corrected chi connectivity index (χ1v) is 5.10. The maximum atomic E-state index is 13.7. The lowest BCUT2D eigenvalue weighted by atomic mass is 10.0. The van der Waals surface area contributed by atoms with Crippen LogP contribution in [0.25, 0.3) is 0 Å². The molecular weight excluding hydrogens is 226 g/mol. The van der Waals surface area contributed by atoms with Crippen molar-refractivity contribution in [3.63, 3.8) is 0 Å². The third-order valence-corrected chi connectivity index (χ3v) is 2.61. The summed E-state index contributed by atoms with van der Waals surface area (Å²) in [5.41, 5.74) is 1.07. The van der Waals surface area contributed by atoms with Gasteiger partial charge in [0.05, 0.1) is 17.9 Å². The van der Waals surface area contributed by atoms with Gasteiger partial charge in [0.25, 0.3) is 0 Å². The van der Waals surface area contributed by atoms with Gasteiger partial charge in [0.15, 0.2) is 0 Å². The molecule has 2 aromatic rings. The summed E-state index contributed by atoms with van der Waals surface area (Å²) in [5, 5.41) is 10.5. The minimum atomic E-state index is -0.593. The Hall–Kier alpha value is -1.82. The number of halogens is 2. The normalized spacial score (nSPS) is 12.7. The van der Waals surface area contributed by atoms with Crippen LogP contribution in [-0.4, -0.2) is 22.0 Å². The minimum absolute atomic E-state index is 0.360.